The quantitative estimate of drug-likeness (QED) is 0.307. The third-order valence-corrected chi connectivity index (χ3v) is 4.00. The molecular formula is C20H18Cl2N4O3. The van der Waals surface area contributed by atoms with Crippen LogP contribution in [0, 0.1) is 0 Å². The highest BCUT2D eigenvalue weighted by atomic mass is 35.5. The molecule has 0 saturated carbocycles. The summed E-state index contributed by atoms with van der Waals surface area (Å²) >= 11 is 12.0. The Morgan fingerprint density at radius 1 is 1.21 bits per heavy atom. The highest BCUT2D eigenvalue weighted by molar-refractivity contribution is 6.30. The largest absolute Gasteiger partial charge is 0.473 e. The number of hydrogen-bond acceptors (Lipinski definition) is 6. The molecule has 2 aromatic heterocycles. The summed E-state index contributed by atoms with van der Waals surface area (Å²) in [7, 11) is 0. The van der Waals surface area contributed by atoms with Gasteiger partial charge < -0.3 is 9.47 Å². The average molecular weight is 433 g/mol. The molecule has 0 aliphatic rings. The summed E-state index contributed by atoms with van der Waals surface area (Å²) in [5, 5.41) is 5.20. The number of benzene rings is 1. The highest BCUT2D eigenvalue weighted by Gasteiger charge is 2.09. The molecule has 150 valence electrons. The highest BCUT2D eigenvalue weighted by Crippen LogP contribution is 2.24. The molecule has 7 nitrogen and oxygen atoms in total. The van der Waals surface area contributed by atoms with Gasteiger partial charge in [-0.25, -0.2) is 19.4 Å². The maximum absolute atomic E-state index is 11.6. The van der Waals surface area contributed by atoms with Gasteiger partial charge in [-0.05, 0) is 37.6 Å². The lowest BCUT2D eigenvalue weighted by Crippen LogP contribution is -2.08. The minimum atomic E-state index is -0.457. The molecule has 0 fully saturated rings. The van der Waals surface area contributed by atoms with Crippen LogP contribution in [0.25, 0.3) is 17.6 Å². The summed E-state index contributed by atoms with van der Waals surface area (Å²) in [6, 6.07) is 10.6. The molecule has 0 spiro atoms. The fourth-order valence-corrected chi connectivity index (χ4v) is 2.63. The Bertz CT molecular complexity index is 1020. The number of rotatable bonds is 7. The fourth-order valence-electron chi connectivity index (χ4n) is 2.30. The van der Waals surface area contributed by atoms with E-state index in [2.05, 4.69) is 15.1 Å². The van der Waals surface area contributed by atoms with Gasteiger partial charge in [0.2, 0.25) is 5.88 Å². The number of carbonyl (C=O) groups is 1. The van der Waals surface area contributed by atoms with Crippen LogP contribution in [0.1, 0.15) is 19.4 Å². The van der Waals surface area contributed by atoms with Crippen molar-refractivity contribution in [2.45, 2.75) is 26.6 Å². The smallest absolute Gasteiger partial charge is 0.332 e. The van der Waals surface area contributed by atoms with Crippen molar-refractivity contribution < 1.29 is 14.3 Å². The first-order valence-electron chi connectivity index (χ1n) is 8.74. The fraction of sp³-hybridized carbons (Fsp3) is 0.200. The van der Waals surface area contributed by atoms with Gasteiger partial charge in [-0.3, -0.25) is 0 Å². The Kier molecular flexibility index (Phi) is 6.85. The lowest BCUT2D eigenvalue weighted by Gasteiger charge is -2.07. The van der Waals surface area contributed by atoms with Gasteiger partial charge in [0.25, 0.3) is 0 Å². The number of nitrogens with zero attached hydrogens (tertiary/aromatic N) is 4. The van der Waals surface area contributed by atoms with Gasteiger partial charge in [-0.15, -0.1) is 5.10 Å². The molecule has 29 heavy (non-hydrogen) atoms. The van der Waals surface area contributed by atoms with Crippen LogP contribution in [-0.2, 0) is 16.1 Å². The zero-order valence-corrected chi connectivity index (χ0v) is 17.3. The van der Waals surface area contributed by atoms with Crippen LogP contribution in [0.2, 0.25) is 10.2 Å². The number of aromatic nitrogens is 4. The van der Waals surface area contributed by atoms with Gasteiger partial charge in [-0.2, -0.15) is 0 Å². The second-order valence-electron chi connectivity index (χ2n) is 6.28. The molecule has 9 heteroatoms. The summed E-state index contributed by atoms with van der Waals surface area (Å²) in [5.74, 6) is 0.296. The number of pyridine rings is 1. The molecule has 1 aromatic carbocycles. The summed E-state index contributed by atoms with van der Waals surface area (Å²) < 4.78 is 12.2. The van der Waals surface area contributed by atoms with Crippen molar-refractivity contribution in [3.05, 3.63) is 64.5 Å². The van der Waals surface area contributed by atoms with Crippen molar-refractivity contribution >= 4 is 35.4 Å². The molecule has 3 rings (SSSR count). The van der Waals surface area contributed by atoms with Crippen molar-refractivity contribution in [3.63, 3.8) is 0 Å². The van der Waals surface area contributed by atoms with Crippen molar-refractivity contribution in [3.8, 4) is 17.3 Å². The molecule has 0 aliphatic carbocycles. The van der Waals surface area contributed by atoms with E-state index in [1.807, 2.05) is 12.1 Å². The minimum absolute atomic E-state index is 0.191. The van der Waals surface area contributed by atoms with E-state index in [0.717, 1.165) is 5.56 Å². The van der Waals surface area contributed by atoms with Gasteiger partial charge in [0.15, 0.2) is 5.82 Å². The van der Waals surface area contributed by atoms with Crippen molar-refractivity contribution in [2.24, 2.45) is 0 Å². The molecular weight excluding hydrogens is 415 g/mol. The van der Waals surface area contributed by atoms with Gasteiger partial charge in [-0.1, -0.05) is 35.3 Å². The van der Waals surface area contributed by atoms with Crippen LogP contribution in [0.5, 0.6) is 5.88 Å². The van der Waals surface area contributed by atoms with E-state index < -0.39 is 5.97 Å². The van der Waals surface area contributed by atoms with Crippen molar-refractivity contribution in [2.75, 3.05) is 0 Å². The van der Waals surface area contributed by atoms with Crippen LogP contribution in [0.3, 0.4) is 0 Å². The van der Waals surface area contributed by atoms with Gasteiger partial charge >= 0.3 is 5.97 Å². The van der Waals surface area contributed by atoms with E-state index in [1.165, 1.54) is 23.3 Å². The van der Waals surface area contributed by atoms with E-state index in [4.69, 9.17) is 32.7 Å². The van der Waals surface area contributed by atoms with E-state index >= 15 is 0 Å². The summed E-state index contributed by atoms with van der Waals surface area (Å²) in [6.07, 6.45) is 4.02. The van der Waals surface area contributed by atoms with Gasteiger partial charge in [0.05, 0.1) is 6.10 Å². The van der Waals surface area contributed by atoms with Gasteiger partial charge in [0, 0.05) is 28.9 Å². The SMILES string of the molecule is CC(C)OC(=O)/C=C\n1cnc(-c2cc(Cl)nc(OCc3ccc(Cl)cc3)c2)n1. The Balaban J connectivity index is 1.71. The van der Waals surface area contributed by atoms with E-state index in [0.29, 0.717) is 28.9 Å². The summed E-state index contributed by atoms with van der Waals surface area (Å²) in [5.41, 5.74) is 1.58. The topological polar surface area (TPSA) is 79.1 Å². The molecule has 0 N–H and O–H groups in total. The van der Waals surface area contributed by atoms with Gasteiger partial charge in [0.1, 0.15) is 18.1 Å². The van der Waals surface area contributed by atoms with E-state index in [-0.39, 0.29) is 11.3 Å². The monoisotopic (exact) mass is 432 g/mol. The Hall–Kier alpha value is -2.90. The van der Waals surface area contributed by atoms with Crippen LogP contribution < -0.4 is 4.74 Å². The molecule has 0 aliphatic heterocycles. The number of carbonyl (C=O) groups excluding carboxylic acids is 1. The minimum Gasteiger partial charge on any atom is -0.473 e. The van der Waals surface area contributed by atoms with Crippen LogP contribution in [0.4, 0.5) is 0 Å². The maximum atomic E-state index is 11.6. The molecule has 0 unspecified atom stereocenters. The first kappa shape index (κ1) is 20.8. The molecule has 0 atom stereocenters. The second-order valence-corrected chi connectivity index (χ2v) is 7.11. The van der Waals surface area contributed by atoms with E-state index in [9.17, 15) is 4.79 Å². The lowest BCUT2D eigenvalue weighted by atomic mass is 10.2. The Labute approximate surface area is 177 Å². The lowest BCUT2D eigenvalue weighted by molar-refractivity contribution is -0.141. The summed E-state index contributed by atoms with van der Waals surface area (Å²) in [4.78, 5) is 20.0. The molecule has 3 aromatic rings. The Morgan fingerprint density at radius 2 is 1.97 bits per heavy atom. The number of halogens is 2. The third-order valence-electron chi connectivity index (χ3n) is 3.55. The van der Waals surface area contributed by atoms with Crippen LogP contribution in [0.15, 0.2) is 48.8 Å². The first-order valence-corrected chi connectivity index (χ1v) is 9.50. The molecule has 2 heterocycles. The van der Waals surface area contributed by atoms with Crippen LogP contribution in [-0.4, -0.2) is 31.8 Å². The zero-order chi connectivity index (χ0) is 20.8. The number of hydrogen-bond donors (Lipinski definition) is 0. The zero-order valence-electron chi connectivity index (χ0n) is 15.8. The predicted molar refractivity (Wildman–Crippen MR) is 111 cm³/mol. The predicted octanol–water partition coefficient (Wildman–Crippen LogP) is 4.65. The maximum Gasteiger partial charge on any atom is 0.332 e. The normalized spacial score (nSPS) is 11.2. The second kappa shape index (κ2) is 9.54. The molecule has 0 bridgehead atoms. The number of ether oxygens (including phenoxy) is 2. The molecule has 0 radical (unpaired) electrons. The Morgan fingerprint density at radius 3 is 2.69 bits per heavy atom. The molecule has 0 saturated heterocycles. The van der Waals surface area contributed by atoms with Crippen molar-refractivity contribution in [1.82, 2.24) is 19.7 Å². The molecule has 0 amide bonds. The summed E-state index contributed by atoms with van der Waals surface area (Å²) in [6.45, 7) is 3.87. The number of esters is 1. The first-order chi connectivity index (χ1) is 13.9. The standard InChI is InChI=1S/C20H18Cl2N4O3/c1-13(2)29-19(27)7-8-26-12-23-20(25-26)15-9-17(22)24-18(10-15)28-11-14-3-5-16(21)6-4-14/h3-10,12-13H,11H2,1-2H3/b8-7-. The van der Waals surface area contributed by atoms with Crippen molar-refractivity contribution in [1.29, 1.82) is 0 Å². The average Bonchev–Trinajstić information content (AvgIpc) is 3.14. The third kappa shape index (κ3) is 6.30. The van der Waals surface area contributed by atoms with E-state index in [1.54, 1.807) is 38.1 Å². The van der Waals surface area contributed by atoms with Crippen LogP contribution >= 0.6 is 23.2 Å².